The molecule has 0 unspecified atom stereocenters. The van der Waals surface area contributed by atoms with Gasteiger partial charge in [0.05, 0.1) is 0 Å². The van der Waals surface area contributed by atoms with Gasteiger partial charge in [0.25, 0.3) is 0 Å². The van der Waals surface area contributed by atoms with E-state index in [1.807, 2.05) is 6.92 Å². The zero-order chi connectivity index (χ0) is 14.5. The molecule has 0 spiro atoms. The van der Waals surface area contributed by atoms with Crippen LogP contribution in [0.15, 0.2) is 24.3 Å². The summed E-state index contributed by atoms with van der Waals surface area (Å²) in [4.78, 5) is 8.35. The minimum atomic E-state index is -0.692. The Morgan fingerprint density at radius 1 is 1.15 bits per heavy atom. The third kappa shape index (κ3) is 3.18. The van der Waals surface area contributed by atoms with Gasteiger partial charge in [-0.1, -0.05) is 13.0 Å². The van der Waals surface area contributed by atoms with Crippen LogP contribution in [-0.2, 0) is 6.42 Å². The molecular weight excluding hydrogens is 264 g/mol. The van der Waals surface area contributed by atoms with Crippen molar-refractivity contribution in [3.63, 3.8) is 0 Å². The van der Waals surface area contributed by atoms with Crippen molar-refractivity contribution in [2.45, 2.75) is 19.8 Å². The molecule has 0 fully saturated rings. The highest BCUT2D eigenvalue weighted by Gasteiger charge is 2.10. The molecule has 1 aromatic carbocycles. The second kappa shape index (κ2) is 6.25. The zero-order valence-corrected chi connectivity index (χ0v) is 11.0. The first-order valence-corrected chi connectivity index (χ1v) is 6.19. The van der Waals surface area contributed by atoms with Crippen LogP contribution in [0.4, 0.5) is 26.1 Å². The first-order chi connectivity index (χ1) is 9.63. The van der Waals surface area contributed by atoms with Crippen LogP contribution >= 0.6 is 0 Å². The van der Waals surface area contributed by atoms with Crippen LogP contribution in [0.2, 0.25) is 0 Å². The summed E-state index contributed by atoms with van der Waals surface area (Å²) in [5, 5.41) is 2.62. The first kappa shape index (κ1) is 14.1. The van der Waals surface area contributed by atoms with Gasteiger partial charge in [0.2, 0.25) is 0 Å². The number of hydrogen-bond acceptors (Lipinski definition) is 5. The summed E-state index contributed by atoms with van der Waals surface area (Å²) in [5.74, 6) is 5.14. The molecule has 0 saturated carbocycles. The fourth-order valence-corrected chi connectivity index (χ4v) is 1.72. The summed E-state index contributed by atoms with van der Waals surface area (Å²) < 4.78 is 27.2. The average Bonchev–Trinajstić information content (AvgIpc) is 2.43. The highest BCUT2D eigenvalue weighted by molar-refractivity contribution is 5.60. The van der Waals surface area contributed by atoms with E-state index < -0.39 is 11.6 Å². The highest BCUT2D eigenvalue weighted by Crippen LogP contribution is 2.23. The van der Waals surface area contributed by atoms with Gasteiger partial charge in [-0.15, -0.1) is 0 Å². The SMILES string of the molecule is CCCc1nc(NN)cc(Nc2c(F)cccc2F)n1. The number of para-hydroxylation sites is 1. The zero-order valence-electron chi connectivity index (χ0n) is 11.0. The number of benzene rings is 1. The first-order valence-electron chi connectivity index (χ1n) is 6.19. The lowest BCUT2D eigenvalue weighted by Crippen LogP contribution is -2.12. The van der Waals surface area contributed by atoms with E-state index in [9.17, 15) is 8.78 Å². The van der Waals surface area contributed by atoms with Crippen molar-refractivity contribution in [1.82, 2.24) is 9.97 Å². The number of hydrogen-bond donors (Lipinski definition) is 3. The number of rotatable bonds is 5. The summed E-state index contributed by atoms with van der Waals surface area (Å²) in [6, 6.07) is 5.11. The number of hydrazine groups is 1. The second-order valence-corrected chi connectivity index (χ2v) is 4.17. The maximum absolute atomic E-state index is 13.6. The second-order valence-electron chi connectivity index (χ2n) is 4.17. The van der Waals surface area contributed by atoms with Crippen LogP contribution in [0.1, 0.15) is 19.2 Å². The minimum absolute atomic E-state index is 0.253. The number of halogens is 2. The number of nitrogens with zero attached hydrogens (tertiary/aromatic N) is 2. The van der Waals surface area contributed by atoms with Gasteiger partial charge in [-0.3, -0.25) is 0 Å². The molecule has 0 atom stereocenters. The lowest BCUT2D eigenvalue weighted by atomic mass is 10.3. The fourth-order valence-electron chi connectivity index (χ4n) is 1.72. The van der Waals surface area contributed by atoms with E-state index in [4.69, 9.17) is 5.84 Å². The molecule has 0 saturated heterocycles. The summed E-state index contributed by atoms with van der Waals surface area (Å²) in [7, 11) is 0. The Balaban J connectivity index is 2.35. The molecule has 1 heterocycles. The van der Waals surface area contributed by atoms with Crippen molar-refractivity contribution < 1.29 is 8.78 Å². The van der Waals surface area contributed by atoms with Gasteiger partial charge in [0.15, 0.2) is 0 Å². The summed E-state index contributed by atoms with van der Waals surface area (Å²) >= 11 is 0. The van der Waals surface area contributed by atoms with E-state index >= 15 is 0 Å². The van der Waals surface area contributed by atoms with Gasteiger partial charge in [-0.05, 0) is 18.6 Å². The molecular formula is C13H15F2N5. The van der Waals surface area contributed by atoms with E-state index in [1.165, 1.54) is 24.3 Å². The van der Waals surface area contributed by atoms with Gasteiger partial charge in [-0.25, -0.2) is 24.6 Å². The van der Waals surface area contributed by atoms with Gasteiger partial charge in [0, 0.05) is 12.5 Å². The van der Waals surface area contributed by atoms with Crippen LogP contribution < -0.4 is 16.6 Å². The van der Waals surface area contributed by atoms with Crippen LogP contribution in [0.25, 0.3) is 0 Å². The molecule has 0 aliphatic heterocycles. The van der Waals surface area contributed by atoms with Crippen molar-refractivity contribution in [2.75, 3.05) is 10.7 Å². The third-order valence-corrected chi connectivity index (χ3v) is 2.61. The average molecular weight is 279 g/mol. The quantitative estimate of drug-likeness (QED) is 0.579. The van der Waals surface area contributed by atoms with Crippen molar-refractivity contribution in [3.05, 3.63) is 41.7 Å². The predicted octanol–water partition coefficient (Wildman–Crippen LogP) is 2.74. The van der Waals surface area contributed by atoms with Crippen LogP contribution in [0.5, 0.6) is 0 Å². The number of aromatic nitrogens is 2. The standard InChI is InChI=1S/C13H15F2N5/c1-2-4-10-17-11(7-12(18-10)20-16)19-13-8(14)5-3-6-9(13)15/h3,5-7H,2,4,16H2,1H3,(H2,17,18,19,20). The number of anilines is 3. The van der Waals surface area contributed by atoms with Crippen molar-refractivity contribution in [1.29, 1.82) is 0 Å². The molecule has 0 radical (unpaired) electrons. The summed E-state index contributed by atoms with van der Waals surface area (Å²) in [6.07, 6.45) is 1.49. The molecule has 20 heavy (non-hydrogen) atoms. The Hall–Kier alpha value is -2.28. The topological polar surface area (TPSA) is 75.9 Å². The Morgan fingerprint density at radius 3 is 2.40 bits per heavy atom. The molecule has 2 rings (SSSR count). The Morgan fingerprint density at radius 2 is 1.80 bits per heavy atom. The van der Waals surface area contributed by atoms with Crippen molar-refractivity contribution in [2.24, 2.45) is 5.84 Å². The molecule has 4 N–H and O–H groups in total. The van der Waals surface area contributed by atoms with E-state index in [-0.39, 0.29) is 11.5 Å². The monoisotopic (exact) mass is 279 g/mol. The molecule has 106 valence electrons. The van der Waals surface area contributed by atoms with E-state index in [0.29, 0.717) is 18.1 Å². The Kier molecular flexibility index (Phi) is 4.41. The molecule has 5 nitrogen and oxygen atoms in total. The lowest BCUT2D eigenvalue weighted by Gasteiger charge is -2.10. The van der Waals surface area contributed by atoms with Crippen molar-refractivity contribution >= 4 is 17.3 Å². The molecule has 0 aliphatic carbocycles. The number of nitrogens with one attached hydrogen (secondary N) is 2. The maximum Gasteiger partial charge on any atom is 0.149 e. The van der Waals surface area contributed by atoms with Crippen LogP contribution in [-0.4, -0.2) is 9.97 Å². The van der Waals surface area contributed by atoms with Gasteiger partial charge >= 0.3 is 0 Å². The minimum Gasteiger partial charge on any atom is -0.335 e. The number of aryl methyl sites for hydroxylation is 1. The molecule has 1 aromatic heterocycles. The van der Waals surface area contributed by atoms with Gasteiger partial charge in [-0.2, -0.15) is 0 Å². The largest absolute Gasteiger partial charge is 0.335 e. The predicted molar refractivity (Wildman–Crippen MR) is 73.5 cm³/mol. The third-order valence-electron chi connectivity index (χ3n) is 2.61. The van der Waals surface area contributed by atoms with Crippen molar-refractivity contribution in [3.8, 4) is 0 Å². The van der Waals surface area contributed by atoms with Gasteiger partial charge in [0.1, 0.15) is 34.8 Å². The normalized spacial score (nSPS) is 10.4. The number of nitrogens with two attached hydrogens (primary N) is 1. The van der Waals surface area contributed by atoms with Crippen LogP contribution in [0.3, 0.4) is 0 Å². The van der Waals surface area contributed by atoms with E-state index in [2.05, 4.69) is 20.7 Å². The molecule has 2 aromatic rings. The summed E-state index contributed by atoms with van der Waals surface area (Å²) in [6.45, 7) is 1.98. The molecule has 0 aliphatic rings. The van der Waals surface area contributed by atoms with Gasteiger partial charge < -0.3 is 10.7 Å². The Bertz CT molecular complexity index is 583. The summed E-state index contributed by atoms with van der Waals surface area (Å²) in [5.41, 5.74) is 2.15. The molecule has 0 bridgehead atoms. The smallest absolute Gasteiger partial charge is 0.149 e. The maximum atomic E-state index is 13.6. The van der Waals surface area contributed by atoms with Crippen LogP contribution in [0, 0.1) is 11.6 Å². The lowest BCUT2D eigenvalue weighted by molar-refractivity contribution is 0.590. The Labute approximate surface area is 115 Å². The fraction of sp³-hybridized carbons (Fsp3) is 0.231. The molecule has 0 amide bonds. The highest BCUT2D eigenvalue weighted by atomic mass is 19.1. The van der Waals surface area contributed by atoms with E-state index in [1.54, 1.807) is 0 Å². The van der Waals surface area contributed by atoms with E-state index in [0.717, 1.165) is 6.42 Å². The molecule has 7 heteroatoms. The number of nitrogen functional groups attached to an aromatic ring is 1.